The number of aryl methyl sites for hydroxylation is 1. The Morgan fingerprint density at radius 1 is 1.38 bits per heavy atom. The fourth-order valence-corrected chi connectivity index (χ4v) is 3.01. The molecule has 0 aromatic carbocycles. The highest BCUT2D eigenvalue weighted by Gasteiger charge is 2.34. The average Bonchev–Trinajstić information content (AvgIpc) is 3.25. The van der Waals surface area contributed by atoms with Crippen molar-refractivity contribution < 1.29 is 9.13 Å². The number of fused-ring (bicyclic) bond motifs is 1. The van der Waals surface area contributed by atoms with Crippen LogP contribution in [0.3, 0.4) is 0 Å². The number of pyridine rings is 1. The number of aromatic nitrogens is 5. The maximum Gasteiger partial charge on any atom is 0.140 e. The van der Waals surface area contributed by atoms with Gasteiger partial charge in [0.25, 0.3) is 0 Å². The number of halogens is 1. The Bertz CT molecular complexity index is 798. The largest absolute Gasteiger partial charge is 0.366 e. The van der Waals surface area contributed by atoms with Crippen molar-refractivity contribution in [3.05, 3.63) is 42.5 Å². The summed E-state index contributed by atoms with van der Waals surface area (Å²) in [6.45, 7) is 1.80. The van der Waals surface area contributed by atoms with Gasteiger partial charge < -0.3 is 14.3 Å². The zero-order chi connectivity index (χ0) is 16.5. The first kappa shape index (κ1) is 15.2. The molecule has 3 aromatic rings. The Balaban J connectivity index is 1.35. The molecule has 2 atom stereocenters. The molecule has 1 saturated heterocycles. The molecule has 0 aliphatic carbocycles. The van der Waals surface area contributed by atoms with Crippen LogP contribution in [0.15, 0.2) is 30.9 Å². The molecule has 0 unspecified atom stereocenters. The number of imidazole rings is 2. The average molecular weight is 330 g/mol. The highest BCUT2D eigenvalue weighted by molar-refractivity contribution is 5.73. The van der Waals surface area contributed by atoms with Crippen LogP contribution in [0.5, 0.6) is 0 Å². The summed E-state index contributed by atoms with van der Waals surface area (Å²) in [4.78, 5) is 17.9. The van der Waals surface area contributed by atoms with E-state index in [-0.39, 0.29) is 6.61 Å². The Hall–Kier alpha value is -2.32. The third-order valence-electron chi connectivity index (χ3n) is 4.33. The molecule has 7 nitrogen and oxygen atoms in total. The monoisotopic (exact) mass is 330 g/mol. The van der Waals surface area contributed by atoms with Crippen molar-refractivity contribution in [3.8, 4) is 0 Å². The molecule has 1 aliphatic rings. The maximum atomic E-state index is 14.2. The molecule has 0 saturated carbocycles. The van der Waals surface area contributed by atoms with E-state index in [4.69, 9.17) is 4.74 Å². The van der Waals surface area contributed by atoms with Crippen LogP contribution >= 0.6 is 0 Å². The molecule has 4 heterocycles. The summed E-state index contributed by atoms with van der Waals surface area (Å²) in [5.74, 6) is 1.61. The lowest BCUT2D eigenvalue weighted by molar-refractivity contribution is 0.00857. The van der Waals surface area contributed by atoms with Crippen LogP contribution in [0.25, 0.3) is 11.0 Å². The predicted octanol–water partition coefficient (Wildman–Crippen LogP) is 1.43. The van der Waals surface area contributed by atoms with Crippen LogP contribution in [0.4, 0.5) is 4.39 Å². The second kappa shape index (κ2) is 6.29. The van der Waals surface area contributed by atoms with Gasteiger partial charge in [-0.3, -0.25) is 9.88 Å². The molecule has 0 spiro atoms. The lowest BCUT2D eigenvalue weighted by Gasteiger charge is -2.15. The van der Waals surface area contributed by atoms with Gasteiger partial charge in [0.1, 0.15) is 30.5 Å². The van der Waals surface area contributed by atoms with E-state index in [1.807, 2.05) is 28.8 Å². The molecule has 0 radical (unpaired) electrons. The van der Waals surface area contributed by atoms with E-state index in [9.17, 15) is 4.39 Å². The van der Waals surface area contributed by atoms with Crippen LogP contribution in [0.2, 0.25) is 0 Å². The number of rotatable bonds is 5. The number of nitrogens with one attached hydrogen (secondary N) is 1. The van der Waals surface area contributed by atoms with Crippen LogP contribution in [0, 0.1) is 0 Å². The summed E-state index contributed by atoms with van der Waals surface area (Å²) in [7, 11) is 1.94. The first-order chi connectivity index (χ1) is 11.7. The lowest BCUT2D eigenvalue weighted by Crippen LogP contribution is -2.25. The van der Waals surface area contributed by atoms with Gasteiger partial charge in [0.05, 0.1) is 23.8 Å². The van der Waals surface area contributed by atoms with Crippen molar-refractivity contribution in [1.29, 1.82) is 0 Å². The highest BCUT2D eigenvalue weighted by atomic mass is 19.1. The van der Waals surface area contributed by atoms with Crippen LogP contribution in [0.1, 0.15) is 11.6 Å². The number of likely N-dealkylation sites (tertiary alicyclic amines) is 1. The van der Waals surface area contributed by atoms with Crippen molar-refractivity contribution in [2.75, 3.05) is 13.1 Å². The number of alkyl halides is 1. The first-order valence-electron chi connectivity index (χ1n) is 7.92. The Kier molecular flexibility index (Phi) is 3.99. The molecular weight excluding hydrogens is 311 g/mol. The van der Waals surface area contributed by atoms with Crippen molar-refractivity contribution >= 4 is 11.0 Å². The fourth-order valence-electron chi connectivity index (χ4n) is 3.01. The molecule has 4 rings (SSSR count). The lowest BCUT2D eigenvalue weighted by atomic mass is 10.3. The summed E-state index contributed by atoms with van der Waals surface area (Å²) in [6.07, 6.45) is 5.60. The molecule has 3 aromatic heterocycles. The highest BCUT2D eigenvalue weighted by Crippen LogP contribution is 2.20. The standard InChI is InChI=1S/C16H19FN6O/c1-22-5-4-19-16(22)9-23-7-11(17)14(8-23)24-10-15-20-12-2-3-18-6-13(12)21-15/h2-6,11,14H,7-10H2,1H3,(H,20,21)/t11-,14+/m1/s1. The van der Waals surface area contributed by atoms with E-state index in [0.29, 0.717) is 25.5 Å². The van der Waals surface area contributed by atoms with Gasteiger partial charge in [-0.25, -0.2) is 14.4 Å². The van der Waals surface area contributed by atoms with Gasteiger partial charge in [-0.2, -0.15) is 0 Å². The van der Waals surface area contributed by atoms with Gasteiger partial charge >= 0.3 is 0 Å². The normalized spacial score (nSPS) is 21.8. The third-order valence-corrected chi connectivity index (χ3v) is 4.33. The summed E-state index contributed by atoms with van der Waals surface area (Å²) in [5.41, 5.74) is 1.69. The van der Waals surface area contributed by atoms with Crippen LogP contribution in [-0.2, 0) is 24.9 Å². The first-order valence-corrected chi connectivity index (χ1v) is 7.92. The van der Waals surface area contributed by atoms with Gasteiger partial charge in [-0.05, 0) is 6.07 Å². The van der Waals surface area contributed by atoms with E-state index < -0.39 is 12.3 Å². The van der Waals surface area contributed by atoms with Crippen molar-refractivity contribution in [3.63, 3.8) is 0 Å². The smallest absolute Gasteiger partial charge is 0.140 e. The number of aromatic amines is 1. The molecule has 1 fully saturated rings. The van der Waals surface area contributed by atoms with Crippen molar-refractivity contribution in [2.24, 2.45) is 7.05 Å². The molecule has 1 aliphatic heterocycles. The Morgan fingerprint density at radius 3 is 3.08 bits per heavy atom. The molecule has 8 heteroatoms. The van der Waals surface area contributed by atoms with Gasteiger partial charge in [0.2, 0.25) is 0 Å². The Labute approximate surface area is 138 Å². The minimum atomic E-state index is -1.00. The summed E-state index contributed by atoms with van der Waals surface area (Å²) >= 11 is 0. The second-order valence-electron chi connectivity index (χ2n) is 6.09. The van der Waals surface area contributed by atoms with Crippen molar-refractivity contribution in [2.45, 2.75) is 25.4 Å². The molecular formula is C16H19FN6O. The van der Waals surface area contributed by atoms with Gasteiger partial charge in [-0.1, -0.05) is 0 Å². The quantitative estimate of drug-likeness (QED) is 0.766. The zero-order valence-corrected chi connectivity index (χ0v) is 13.4. The minimum Gasteiger partial charge on any atom is -0.366 e. The maximum absolute atomic E-state index is 14.2. The van der Waals surface area contributed by atoms with E-state index in [1.54, 1.807) is 18.6 Å². The topological polar surface area (TPSA) is 71.9 Å². The number of hydrogen-bond donors (Lipinski definition) is 1. The number of H-pyrrole nitrogens is 1. The number of ether oxygens (including phenoxy) is 1. The van der Waals surface area contributed by atoms with Crippen LogP contribution < -0.4 is 0 Å². The van der Waals surface area contributed by atoms with E-state index in [1.165, 1.54) is 0 Å². The van der Waals surface area contributed by atoms with Gasteiger partial charge in [0, 0.05) is 38.7 Å². The fraction of sp³-hybridized carbons (Fsp3) is 0.438. The minimum absolute atomic E-state index is 0.260. The summed E-state index contributed by atoms with van der Waals surface area (Å²) in [5, 5.41) is 0. The molecule has 1 N–H and O–H groups in total. The molecule has 126 valence electrons. The SMILES string of the molecule is Cn1ccnc1CN1C[C@@H](F)[C@@H](OCc2nc3ccncc3[nH]2)C1. The van der Waals surface area contributed by atoms with E-state index >= 15 is 0 Å². The Morgan fingerprint density at radius 2 is 2.29 bits per heavy atom. The second-order valence-corrected chi connectivity index (χ2v) is 6.09. The third kappa shape index (κ3) is 3.02. The zero-order valence-electron chi connectivity index (χ0n) is 13.4. The van der Waals surface area contributed by atoms with Crippen molar-refractivity contribution in [1.82, 2.24) is 29.4 Å². The van der Waals surface area contributed by atoms with E-state index in [2.05, 4.69) is 19.9 Å². The molecule has 24 heavy (non-hydrogen) atoms. The predicted molar refractivity (Wildman–Crippen MR) is 85.8 cm³/mol. The molecule has 0 amide bonds. The van der Waals surface area contributed by atoms with Gasteiger partial charge in [-0.15, -0.1) is 0 Å². The number of hydrogen-bond acceptors (Lipinski definition) is 5. The summed E-state index contributed by atoms with van der Waals surface area (Å²) in [6, 6.07) is 1.83. The number of nitrogens with zero attached hydrogens (tertiary/aromatic N) is 5. The van der Waals surface area contributed by atoms with E-state index in [0.717, 1.165) is 16.9 Å². The van der Waals surface area contributed by atoms with Gasteiger partial charge in [0.15, 0.2) is 0 Å². The molecule has 0 bridgehead atoms. The summed E-state index contributed by atoms with van der Waals surface area (Å²) < 4.78 is 21.9. The van der Waals surface area contributed by atoms with Crippen LogP contribution in [-0.4, -0.2) is 54.8 Å².